The van der Waals surface area contributed by atoms with Crippen LogP contribution in [0.25, 0.3) is 0 Å². The molecule has 0 fully saturated rings. The second-order valence-corrected chi connectivity index (χ2v) is 4.71. The molecule has 0 aromatic heterocycles. The topological polar surface area (TPSA) is 60.0 Å². The maximum Gasteiger partial charge on any atom is 0.0701 e. The molecule has 0 bridgehead atoms. The van der Waals surface area contributed by atoms with Crippen LogP contribution in [0, 0.1) is 5.92 Å². The van der Waals surface area contributed by atoms with Crippen molar-refractivity contribution in [3.05, 3.63) is 0 Å². The highest BCUT2D eigenvalue weighted by Gasteiger charge is 2.05. The highest BCUT2D eigenvalue weighted by molar-refractivity contribution is 4.61. The van der Waals surface area contributed by atoms with Crippen molar-refractivity contribution in [2.75, 3.05) is 53.2 Å². The van der Waals surface area contributed by atoms with E-state index in [-0.39, 0.29) is 6.10 Å². The molecule has 0 spiro atoms. The predicted molar refractivity (Wildman–Crippen MR) is 71.8 cm³/mol. The van der Waals surface area contributed by atoms with Gasteiger partial charge in [0.2, 0.25) is 0 Å². The Kier molecular flexibility index (Phi) is 13.1. The molecule has 0 rings (SSSR count). The molecule has 0 aromatic carbocycles. The maximum atomic E-state index is 9.61. The lowest BCUT2D eigenvalue weighted by atomic mass is 10.1. The summed E-state index contributed by atoms with van der Waals surface area (Å²) >= 11 is 0. The molecule has 0 aliphatic rings. The molecule has 5 nitrogen and oxygen atoms in total. The Morgan fingerprint density at radius 1 is 1.00 bits per heavy atom. The predicted octanol–water partition coefficient (Wildman–Crippen LogP) is 0.663. The quantitative estimate of drug-likeness (QED) is 0.478. The number of hydrogen-bond acceptors (Lipinski definition) is 5. The number of aliphatic hydroxyl groups is 1. The Labute approximate surface area is 111 Å². The van der Waals surface area contributed by atoms with Gasteiger partial charge in [-0.1, -0.05) is 13.8 Å². The summed E-state index contributed by atoms with van der Waals surface area (Å²) in [5.41, 5.74) is 0. The first-order valence-corrected chi connectivity index (χ1v) is 6.70. The second-order valence-electron chi connectivity index (χ2n) is 4.71. The van der Waals surface area contributed by atoms with Crippen molar-refractivity contribution in [2.24, 2.45) is 5.92 Å². The summed E-state index contributed by atoms with van der Waals surface area (Å²) in [6, 6.07) is 0. The van der Waals surface area contributed by atoms with Crippen LogP contribution in [0.4, 0.5) is 0 Å². The monoisotopic (exact) mass is 263 g/mol. The van der Waals surface area contributed by atoms with Crippen molar-refractivity contribution in [1.29, 1.82) is 0 Å². The number of rotatable bonds is 13. The van der Waals surface area contributed by atoms with Crippen molar-refractivity contribution < 1.29 is 19.3 Å². The summed E-state index contributed by atoms with van der Waals surface area (Å²) in [6.45, 7) is 8.67. The average Bonchev–Trinajstić information content (AvgIpc) is 2.30. The molecule has 0 saturated heterocycles. The minimum absolute atomic E-state index is 0.262. The van der Waals surface area contributed by atoms with Gasteiger partial charge in [-0.25, -0.2) is 0 Å². The fourth-order valence-electron chi connectivity index (χ4n) is 1.50. The fourth-order valence-corrected chi connectivity index (χ4v) is 1.50. The largest absolute Gasteiger partial charge is 0.392 e. The third-order valence-corrected chi connectivity index (χ3v) is 2.35. The zero-order valence-electron chi connectivity index (χ0n) is 12.0. The van der Waals surface area contributed by atoms with Crippen LogP contribution in [0.1, 0.15) is 20.3 Å². The van der Waals surface area contributed by atoms with E-state index in [1.165, 1.54) is 0 Å². The molecule has 0 heterocycles. The van der Waals surface area contributed by atoms with E-state index in [0.29, 0.717) is 45.5 Å². The van der Waals surface area contributed by atoms with E-state index < -0.39 is 0 Å². The lowest BCUT2D eigenvalue weighted by Crippen LogP contribution is -2.30. The van der Waals surface area contributed by atoms with Gasteiger partial charge in [0.1, 0.15) is 0 Å². The standard InChI is InChI=1S/C13H29NO4/c1-12(2)10-13(15)11-14-4-5-17-8-9-18-7-6-16-3/h12-15H,4-11H2,1-3H3. The van der Waals surface area contributed by atoms with Crippen molar-refractivity contribution >= 4 is 0 Å². The molecule has 110 valence electrons. The van der Waals surface area contributed by atoms with Crippen LogP contribution in [0.15, 0.2) is 0 Å². The average molecular weight is 263 g/mol. The van der Waals surface area contributed by atoms with Crippen molar-refractivity contribution in [3.8, 4) is 0 Å². The zero-order chi connectivity index (χ0) is 13.6. The SMILES string of the molecule is COCCOCCOCCNCC(O)CC(C)C. The maximum absolute atomic E-state index is 9.61. The van der Waals surface area contributed by atoms with Gasteiger partial charge < -0.3 is 24.6 Å². The van der Waals surface area contributed by atoms with Crippen LogP contribution >= 0.6 is 0 Å². The number of ether oxygens (including phenoxy) is 3. The lowest BCUT2D eigenvalue weighted by Gasteiger charge is -2.13. The second kappa shape index (κ2) is 13.2. The van der Waals surface area contributed by atoms with Crippen molar-refractivity contribution in [1.82, 2.24) is 5.32 Å². The van der Waals surface area contributed by atoms with Crippen LogP contribution in [0.3, 0.4) is 0 Å². The van der Waals surface area contributed by atoms with Crippen molar-refractivity contribution in [3.63, 3.8) is 0 Å². The highest BCUT2D eigenvalue weighted by Crippen LogP contribution is 2.02. The minimum atomic E-state index is -0.262. The summed E-state index contributed by atoms with van der Waals surface area (Å²) in [6.07, 6.45) is 0.573. The van der Waals surface area contributed by atoms with E-state index in [9.17, 15) is 5.11 Å². The first-order chi connectivity index (χ1) is 8.66. The van der Waals surface area contributed by atoms with Crippen LogP contribution < -0.4 is 5.32 Å². The molecule has 0 saturated carbocycles. The molecule has 0 amide bonds. The molecular weight excluding hydrogens is 234 g/mol. The molecular formula is C13H29NO4. The molecule has 1 unspecified atom stereocenters. The number of methoxy groups -OCH3 is 1. The summed E-state index contributed by atoms with van der Waals surface area (Å²) in [5.74, 6) is 0.530. The number of nitrogens with one attached hydrogen (secondary N) is 1. The van der Waals surface area contributed by atoms with Crippen LogP contribution in [0.2, 0.25) is 0 Å². The molecule has 0 aliphatic heterocycles. The van der Waals surface area contributed by atoms with Gasteiger partial charge in [-0.2, -0.15) is 0 Å². The summed E-state index contributed by atoms with van der Waals surface area (Å²) in [5, 5.41) is 12.8. The van der Waals surface area contributed by atoms with Gasteiger partial charge >= 0.3 is 0 Å². The number of aliphatic hydroxyl groups excluding tert-OH is 1. The van der Waals surface area contributed by atoms with Gasteiger partial charge in [0.15, 0.2) is 0 Å². The molecule has 5 heteroatoms. The van der Waals surface area contributed by atoms with E-state index in [4.69, 9.17) is 14.2 Å². The Balaban J connectivity index is 3.07. The molecule has 1 atom stereocenters. The number of hydrogen-bond donors (Lipinski definition) is 2. The highest BCUT2D eigenvalue weighted by atomic mass is 16.5. The van der Waals surface area contributed by atoms with Gasteiger partial charge in [-0.05, 0) is 12.3 Å². The summed E-state index contributed by atoms with van der Waals surface area (Å²) < 4.78 is 15.5. The zero-order valence-corrected chi connectivity index (χ0v) is 12.0. The van der Waals surface area contributed by atoms with E-state index in [2.05, 4.69) is 19.2 Å². The Hall–Kier alpha value is -0.200. The third-order valence-electron chi connectivity index (χ3n) is 2.35. The van der Waals surface area contributed by atoms with Gasteiger partial charge in [-0.3, -0.25) is 0 Å². The van der Waals surface area contributed by atoms with Gasteiger partial charge in [0.05, 0.1) is 39.1 Å². The van der Waals surface area contributed by atoms with Gasteiger partial charge in [0, 0.05) is 20.2 Å². The van der Waals surface area contributed by atoms with Crippen LogP contribution in [-0.2, 0) is 14.2 Å². The van der Waals surface area contributed by atoms with E-state index >= 15 is 0 Å². The fraction of sp³-hybridized carbons (Fsp3) is 1.00. The Morgan fingerprint density at radius 2 is 1.61 bits per heavy atom. The van der Waals surface area contributed by atoms with Gasteiger partial charge in [0.25, 0.3) is 0 Å². The van der Waals surface area contributed by atoms with Crippen molar-refractivity contribution in [2.45, 2.75) is 26.4 Å². The lowest BCUT2D eigenvalue weighted by molar-refractivity contribution is 0.0250. The molecule has 0 aromatic rings. The first kappa shape index (κ1) is 17.8. The molecule has 2 N–H and O–H groups in total. The Morgan fingerprint density at radius 3 is 2.22 bits per heavy atom. The summed E-state index contributed by atoms with van der Waals surface area (Å²) in [7, 11) is 1.65. The normalized spacial score (nSPS) is 13.2. The molecule has 18 heavy (non-hydrogen) atoms. The van der Waals surface area contributed by atoms with E-state index in [0.717, 1.165) is 13.0 Å². The van der Waals surface area contributed by atoms with Gasteiger partial charge in [-0.15, -0.1) is 0 Å². The third kappa shape index (κ3) is 13.9. The Bertz CT molecular complexity index is 167. The van der Waals surface area contributed by atoms with Crippen LogP contribution in [0.5, 0.6) is 0 Å². The first-order valence-electron chi connectivity index (χ1n) is 6.70. The minimum Gasteiger partial charge on any atom is -0.392 e. The summed E-state index contributed by atoms with van der Waals surface area (Å²) in [4.78, 5) is 0. The van der Waals surface area contributed by atoms with Crippen LogP contribution in [-0.4, -0.2) is 64.4 Å². The molecule has 0 radical (unpaired) electrons. The molecule has 0 aliphatic carbocycles. The smallest absolute Gasteiger partial charge is 0.0701 e. The van der Waals surface area contributed by atoms with E-state index in [1.807, 2.05) is 0 Å². The van der Waals surface area contributed by atoms with E-state index in [1.54, 1.807) is 7.11 Å².